The maximum atomic E-state index is 10.9. The zero-order chi connectivity index (χ0) is 22.3. The van der Waals surface area contributed by atoms with Crippen LogP contribution in [0.15, 0.2) is 28.9 Å². The highest BCUT2D eigenvalue weighted by Crippen LogP contribution is 2.39. The first-order valence-corrected chi connectivity index (χ1v) is 11.9. The Morgan fingerprint density at radius 1 is 1.19 bits per heavy atom. The number of piperidine rings is 1. The summed E-state index contributed by atoms with van der Waals surface area (Å²) in [6.45, 7) is 5.83. The summed E-state index contributed by atoms with van der Waals surface area (Å²) >= 11 is 16.6. The van der Waals surface area contributed by atoms with Crippen molar-refractivity contribution in [1.29, 1.82) is 0 Å². The number of carbonyl (C=O) groups is 1. The van der Waals surface area contributed by atoms with Gasteiger partial charge in [0.1, 0.15) is 5.82 Å². The monoisotopic (exact) mass is 523 g/mol. The van der Waals surface area contributed by atoms with Crippen molar-refractivity contribution < 1.29 is 9.90 Å². The van der Waals surface area contributed by atoms with Crippen LogP contribution in [-0.2, 0) is 4.79 Å². The lowest BCUT2D eigenvalue weighted by molar-refractivity contribution is -0.137. The second-order valence-electron chi connectivity index (χ2n) is 8.24. The number of benzene rings is 1. The minimum absolute atomic E-state index is 0.244. The number of carboxylic acids is 1. The number of nitrogens with zero attached hydrogens (tertiary/aromatic N) is 3. The molecule has 5 nitrogen and oxygen atoms in total. The van der Waals surface area contributed by atoms with E-state index in [2.05, 4.69) is 44.6 Å². The lowest BCUT2D eigenvalue weighted by atomic mass is 9.92. The molecule has 0 radical (unpaired) electrons. The van der Waals surface area contributed by atoms with E-state index in [4.69, 9.17) is 33.3 Å². The zero-order valence-corrected chi connectivity index (χ0v) is 20.6. The van der Waals surface area contributed by atoms with Gasteiger partial charge in [-0.1, -0.05) is 39.1 Å². The largest absolute Gasteiger partial charge is 0.481 e. The van der Waals surface area contributed by atoms with Gasteiger partial charge in [-0.25, -0.2) is 4.98 Å². The van der Waals surface area contributed by atoms with Crippen molar-refractivity contribution in [2.75, 3.05) is 18.0 Å². The molecule has 0 amide bonds. The SMILES string of the molecule is Cc1cc2c(c(C)cn2-c2c(Cl)cc(Br)cc2Cl)c(N2CCC(CCC(=O)O)CC2)n1. The Bertz CT molecular complexity index is 1130. The van der Waals surface area contributed by atoms with E-state index < -0.39 is 5.97 Å². The van der Waals surface area contributed by atoms with E-state index in [1.807, 2.05) is 19.1 Å². The third-order valence-electron chi connectivity index (χ3n) is 5.99. The first kappa shape index (κ1) is 22.4. The summed E-state index contributed by atoms with van der Waals surface area (Å²) in [6.07, 6.45) is 5.02. The van der Waals surface area contributed by atoms with Gasteiger partial charge in [-0.15, -0.1) is 0 Å². The highest BCUT2D eigenvalue weighted by molar-refractivity contribution is 9.10. The van der Waals surface area contributed by atoms with Gasteiger partial charge in [0.25, 0.3) is 0 Å². The Morgan fingerprint density at radius 3 is 2.45 bits per heavy atom. The molecule has 1 saturated heterocycles. The molecule has 31 heavy (non-hydrogen) atoms. The Hall–Kier alpha value is -1.76. The molecule has 0 bridgehead atoms. The fraction of sp³-hybridized carbons (Fsp3) is 0.391. The number of hydrogen-bond acceptors (Lipinski definition) is 3. The molecule has 0 spiro atoms. The van der Waals surface area contributed by atoms with E-state index >= 15 is 0 Å². The molecule has 8 heteroatoms. The van der Waals surface area contributed by atoms with Crippen LogP contribution in [0.1, 0.15) is 36.9 Å². The average Bonchev–Trinajstić information content (AvgIpc) is 3.01. The summed E-state index contributed by atoms with van der Waals surface area (Å²) in [6, 6.07) is 5.77. The molecule has 2 aromatic heterocycles. The van der Waals surface area contributed by atoms with Crippen molar-refractivity contribution in [2.45, 2.75) is 39.5 Å². The molecule has 1 aliphatic heterocycles. The molecule has 0 aliphatic carbocycles. The van der Waals surface area contributed by atoms with Gasteiger partial charge in [0.2, 0.25) is 0 Å². The van der Waals surface area contributed by atoms with Crippen molar-refractivity contribution in [3.63, 3.8) is 0 Å². The van der Waals surface area contributed by atoms with Gasteiger partial charge < -0.3 is 14.6 Å². The number of anilines is 1. The standard InChI is InChI=1S/C23H24BrCl2N3O2/c1-13-12-29(22-17(25)10-16(24)11-18(22)26)19-9-14(2)27-23(21(13)19)28-7-5-15(6-8-28)3-4-20(30)31/h9-12,15H,3-8H2,1-2H3,(H,30,31). The molecule has 4 rings (SSSR count). The van der Waals surface area contributed by atoms with Gasteiger partial charge in [0, 0.05) is 41.3 Å². The molecular weight excluding hydrogens is 501 g/mol. The van der Waals surface area contributed by atoms with Crippen LogP contribution in [0.4, 0.5) is 5.82 Å². The van der Waals surface area contributed by atoms with Gasteiger partial charge in [-0.05, 0) is 62.8 Å². The smallest absolute Gasteiger partial charge is 0.303 e. The van der Waals surface area contributed by atoms with Crippen LogP contribution in [0, 0.1) is 19.8 Å². The molecule has 0 saturated carbocycles. The predicted octanol–water partition coefficient (Wildman–Crippen LogP) is 6.79. The van der Waals surface area contributed by atoms with Crippen LogP contribution in [0.25, 0.3) is 16.6 Å². The zero-order valence-electron chi connectivity index (χ0n) is 17.5. The Morgan fingerprint density at radius 2 is 1.84 bits per heavy atom. The van der Waals surface area contributed by atoms with Crippen molar-refractivity contribution >= 4 is 61.8 Å². The number of fused-ring (bicyclic) bond motifs is 1. The summed E-state index contributed by atoms with van der Waals surface area (Å²) in [5, 5.41) is 11.2. The fourth-order valence-electron chi connectivity index (χ4n) is 4.48. The molecule has 3 aromatic rings. The molecule has 1 aromatic carbocycles. The minimum Gasteiger partial charge on any atom is -0.481 e. The summed E-state index contributed by atoms with van der Waals surface area (Å²) < 4.78 is 2.89. The number of hydrogen-bond donors (Lipinski definition) is 1. The van der Waals surface area contributed by atoms with E-state index in [0.717, 1.165) is 70.5 Å². The van der Waals surface area contributed by atoms with Gasteiger partial charge in [0.05, 0.1) is 21.2 Å². The second-order valence-corrected chi connectivity index (χ2v) is 9.97. The Labute approximate surface area is 200 Å². The maximum Gasteiger partial charge on any atom is 0.303 e. The van der Waals surface area contributed by atoms with Gasteiger partial charge in [-0.3, -0.25) is 4.79 Å². The average molecular weight is 525 g/mol. The Kier molecular flexibility index (Phi) is 6.52. The van der Waals surface area contributed by atoms with E-state index in [0.29, 0.717) is 16.0 Å². The predicted molar refractivity (Wildman–Crippen MR) is 130 cm³/mol. The molecule has 164 valence electrons. The first-order chi connectivity index (χ1) is 14.7. The van der Waals surface area contributed by atoms with Gasteiger partial charge in [-0.2, -0.15) is 0 Å². The quantitative estimate of drug-likeness (QED) is 0.399. The van der Waals surface area contributed by atoms with Crippen LogP contribution in [0.2, 0.25) is 10.0 Å². The number of aromatic nitrogens is 2. The van der Waals surface area contributed by atoms with Crippen LogP contribution < -0.4 is 4.90 Å². The first-order valence-electron chi connectivity index (χ1n) is 10.4. The Balaban J connectivity index is 1.72. The van der Waals surface area contributed by atoms with Gasteiger partial charge >= 0.3 is 5.97 Å². The van der Waals surface area contributed by atoms with E-state index in [1.54, 1.807) is 0 Å². The maximum absolute atomic E-state index is 10.9. The number of halogens is 3. The molecule has 0 unspecified atom stereocenters. The summed E-state index contributed by atoms with van der Waals surface area (Å²) in [4.78, 5) is 18.1. The molecule has 1 aliphatic rings. The summed E-state index contributed by atoms with van der Waals surface area (Å²) in [5.41, 5.74) is 3.83. The molecular formula is C23H24BrCl2N3O2. The number of carboxylic acid groups (broad SMARTS) is 1. The van der Waals surface area contributed by atoms with E-state index in [9.17, 15) is 4.79 Å². The third-order valence-corrected chi connectivity index (χ3v) is 7.02. The van der Waals surface area contributed by atoms with Gasteiger partial charge in [0.15, 0.2) is 0 Å². The van der Waals surface area contributed by atoms with Crippen LogP contribution in [-0.4, -0.2) is 33.7 Å². The molecule has 3 heterocycles. The van der Waals surface area contributed by atoms with Crippen molar-refractivity contribution in [2.24, 2.45) is 5.92 Å². The highest BCUT2D eigenvalue weighted by atomic mass is 79.9. The molecule has 0 atom stereocenters. The number of rotatable bonds is 5. The van der Waals surface area contributed by atoms with E-state index in [-0.39, 0.29) is 6.42 Å². The number of aryl methyl sites for hydroxylation is 2. The molecule has 1 N–H and O–H groups in total. The summed E-state index contributed by atoms with van der Waals surface area (Å²) in [7, 11) is 0. The topological polar surface area (TPSA) is 58.4 Å². The van der Waals surface area contributed by atoms with Crippen molar-refractivity contribution in [1.82, 2.24) is 9.55 Å². The second kappa shape index (κ2) is 9.00. The van der Waals surface area contributed by atoms with Crippen LogP contribution >= 0.6 is 39.1 Å². The minimum atomic E-state index is -0.716. The lowest BCUT2D eigenvalue weighted by Gasteiger charge is -2.33. The van der Waals surface area contributed by atoms with Crippen LogP contribution in [0.5, 0.6) is 0 Å². The number of pyridine rings is 1. The number of aliphatic carboxylic acids is 1. The van der Waals surface area contributed by atoms with Crippen molar-refractivity contribution in [3.05, 3.63) is 50.2 Å². The van der Waals surface area contributed by atoms with Crippen LogP contribution in [0.3, 0.4) is 0 Å². The van der Waals surface area contributed by atoms with E-state index in [1.165, 1.54) is 0 Å². The fourth-order valence-corrected chi connectivity index (χ4v) is 5.87. The third kappa shape index (κ3) is 4.57. The van der Waals surface area contributed by atoms with Crippen molar-refractivity contribution in [3.8, 4) is 5.69 Å². The highest BCUT2D eigenvalue weighted by Gasteiger charge is 2.25. The lowest BCUT2D eigenvalue weighted by Crippen LogP contribution is -2.34. The summed E-state index contributed by atoms with van der Waals surface area (Å²) in [5.74, 6) is 0.720. The molecule has 1 fully saturated rings. The normalized spacial score (nSPS) is 15.1.